The van der Waals surface area contributed by atoms with Crippen molar-refractivity contribution in [3.8, 4) is 0 Å². The van der Waals surface area contributed by atoms with Crippen molar-refractivity contribution in [2.45, 2.75) is 32.8 Å². The van der Waals surface area contributed by atoms with Crippen LogP contribution in [0.4, 0.5) is 0 Å². The maximum atomic E-state index is 11.1. The largest absolute Gasteiger partial charge is 0.392 e. The molecule has 0 fully saturated rings. The Bertz CT molecular complexity index is 226. The van der Waals surface area contributed by atoms with Crippen molar-refractivity contribution in [1.29, 1.82) is 0 Å². The molecule has 4 nitrogen and oxygen atoms in total. The van der Waals surface area contributed by atoms with E-state index in [2.05, 4.69) is 5.32 Å². The first-order chi connectivity index (χ1) is 6.52. The molecule has 0 aliphatic carbocycles. The van der Waals surface area contributed by atoms with Gasteiger partial charge in [-0.05, 0) is 19.4 Å². The molecule has 0 saturated heterocycles. The average molecular weight is 223 g/mol. The molecule has 5 heteroatoms. The quantitative estimate of drug-likeness (QED) is 0.616. The van der Waals surface area contributed by atoms with Crippen LogP contribution in [-0.4, -0.2) is 44.2 Å². The summed E-state index contributed by atoms with van der Waals surface area (Å²) in [6, 6.07) is 0. The molecule has 0 amide bonds. The molecule has 0 aromatic carbocycles. The van der Waals surface area contributed by atoms with Gasteiger partial charge in [0.05, 0.1) is 11.9 Å². The molecular weight excluding hydrogens is 202 g/mol. The van der Waals surface area contributed by atoms with E-state index in [0.717, 1.165) is 6.54 Å². The van der Waals surface area contributed by atoms with Crippen LogP contribution in [0.1, 0.15) is 26.7 Å². The Labute approximate surface area is 86.6 Å². The lowest BCUT2D eigenvalue weighted by molar-refractivity contribution is 0.162. The number of rotatable bonds is 8. The third kappa shape index (κ3) is 7.29. The van der Waals surface area contributed by atoms with E-state index < -0.39 is 15.9 Å². The Morgan fingerprint density at radius 2 is 2.00 bits per heavy atom. The van der Waals surface area contributed by atoms with Gasteiger partial charge in [0.15, 0.2) is 0 Å². The van der Waals surface area contributed by atoms with Gasteiger partial charge in [0.2, 0.25) is 0 Å². The predicted molar refractivity (Wildman–Crippen MR) is 58.1 cm³/mol. The van der Waals surface area contributed by atoms with Crippen molar-refractivity contribution < 1.29 is 13.5 Å². The summed E-state index contributed by atoms with van der Waals surface area (Å²) in [6.07, 6.45) is 0.664. The molecule has 2 N–H and O–H groups in total. The van der Waals surface area contributed by atoms with Crippen molar-refractivity contribution in [1.82, 2.24) is 5.32 Å². The maximum absolute atomic E-state index is 11.1. The van der Waals surface area contributed by atoms with Gasteiger partial charge < -0.3 is 10.4 Å². The number of hydrogen-bond donors (Lipinski definition) is 2. The molecule has 0 aromatic heterocycles. The second-order valence-electron chi connectivity index (χ2n) is 3.34. The Hall–Kier alpha value is -0.130. The van der Waals surface area contributed by atoms with Crippen LogP contribution in [0.3, 0.4) is 0 Å². The van der Waals surface area contributed by atoms with Gasteiger partial charge in [0.25, 0.3) is 0 Å². The van der Waals surface area contributed by atoms with Gasteiger partial charge in [-0.3, -0.25) is 0 Å². The number of aliphatic hydroxyl groups excluding tert-OH is 1. The van der Waals surface area contributed by atoms with Crippen LogP contribution >= 0.6 is 0 Å². The molecule has 0 radical (unpaired) electrons. The molecule has 1 unspecified atom stereocenters. The molecule has 0 spiro atoms. The fraction of sp³-hybridized carbons (Fsp3) is 1.00. The minimum Gasteiger partial charge on any atom is -0.392 e. The highest BCUT2D eigenvalue weighted by Crippen LogP contribution is 2.00. The molecule has 0 aliphatic heterocycles. The molecule has 0 aromatic rings. The topological polar surface area (TPSA) is 66.4 Å². The van der Waals surface area contributed by atoms with Gasteiger partial charge in [0.1, 0.15) is 9.84 Å². The molecule has 0 aliphatic rings. The molecule has 1 atom stereocenters. The average Bonchev–Trinajstić information content (AvgIpc) is 2.14. The Balaban J connectivity index is 3.54. The highest BCUT2D eigenvalue weighted by Gasteiger charge is 2.09. The smallest absolute Gasteiger partial charge is 0.150 e. The Morgan fingerprint density at radius 3 is 2.50 bits per heavy atom. The van der Waals surface area contributed by atoms with E-state index in [0.29, 0.717) is 19.4 Å². The molecule has 86 valence electrons. The Kier molecular flexibility index (Phi) is 7.13. The van der Waals surface area contributed by atoms with Crippen LogP contribution in [0.5, 0.6) is 0 Å². The summed E-state index contributed by atoms with van der Waals surface area (Å²) >= 11 is 0. The van der Waals surface area contributed by atoms with Crippen LogP contribution in [0.2, 0.25) is 0 Å². The lowest BCUT2D eigenvalue weighted by Crippen LogP contribution is -2.27. The summed E-state index contributed by atoms with van der Waals surface area (Å²) in [5.41, 5.74) is 0. The van der Waals surface area contributed by atoms with Crippen molar-refractivity contribution in [2.24, 2.45) is 0 Å². The van der Waals surface area contributed by atoms with Crippen molar-refractivity contribution in [2.75, 3.05) is 24.6 Å². The van der Waals surface area contributed by atoms with Gasteiger partial charge in [-0.15, -0.1) is 0 Å². The minimum absolute atomic E-state index is 0.187. The number of aliphatic hydroxyl groups is 1. The van der Waals surface area contributed by atoms with E-state index in [4.69, 9.17) is 0 Å². The summed E-state index contributed by atoms with van der Waals surface area (Å²) < 4.78 is 22.2. The zero-order valence-corrected chi connectivity index (χ0v) is 9.81. The van der Waals surface area contributed by atoms with Crippen LogP contribution in [0.15, 0.2) is 0 Å². The van der Waals surface area contributed by atoms with Gasteiger partial charge in [-0.25, -0.2) is 8.42 Å². The molecule has 0 saturated carbocycles. The number of likely N-dealkylation sites (N-methyl/N-ethyl adjacent to an activating group) is 1. The monoisotopic (exact) mass is 223 g/mol. The molecule has 0 heterocycles. The van der Waals surface area contributed by atoms with E-state index in [1.54, 1.807) is 6.92 Å². The van der Waals surface area contributed by atoms with E-state index in [9.17, 15) is 13.5 Å². The van der Waals surface area contributed by atoms with Gasteiger partial charge >= 0.3 is 0 Å². The molecule has 0 rings (SSSR count). The molecule has 14 heavy (non-hydrogen) atoms. The van der Waals surface area contributed by atoms with E-state index in [-0.39, 0.29) is 11.5 Å². The molecular formula is C9H21NO3S. The second kappa shape index (κ2) is 7.20. The SMILES string of the molecule is CCNCC(O)CCCS(=O)(=O)CC. The first-order valence-electron chi connectivity index (χ1n) is 5.11. The lowest BCUT2D eigenvalue weighted by Gasteiger charge is -2.10. The van der Waals surface area contributed by atoms with Crippen LogP contribution in [0, 0.1) is 0 Å². The van der Waals surface area contributed by atoms with Crippen molar-refractivity contribution >= 4 is 9.84 Å². The standard InChI is InChI=1S/C9H21NO3S/c1-3-10-8-9(11)6-5-7-14(12,13)4-2/h9-11H,3-8H2,1-2H3. The Morgan fingerprint density at radius 1 is 1.36 bits per heavy atom. The highest BCUT2D eigenvalue weighted by molar-refractivity contribution is 7.91. The van der Waals surface area contributed by atoms with Crippen molar-refractivity contribution in [3.05, 3.63) is 0 Å². The van der Waals surface area contributed by atoms with E-state index >= 15 is 0 Å². The predicted octanol–water partition coefficient (Wildman–Crippen LogP) is 0.172. The summed E-state index contributed by atoms with van der Waals surface area (Å²) in [7, 11) is -2.87. The van der Waals surface area contributed by atoms with Crippen molar-refractivity contribution in [3.63, 3.8) is 0 Å². The number of hydrogen-bond acceptors (Lipinski definition) is 4. The minimum atomic E-state index is -2.87. The summed E-state index contributed by atoms with van der Waals surface area (Å²) in [4.78, 5) is 0. The van der Waals surface area contributed by atoms with E-state index in [1.807, 2.05) is 6.92 Å². The maximum Gasteiger partial charge on any atom is 0.150 e. The fourth-order valence-electron chi connectivity index (χ4n) is 1.10. The van der Waals surface area contributed by atoms with Gasteiger partial charge in [0, 0.05) is 12.3 Å². The van der Waals surface area contributed by atoms with Gasteiger partial charge in [-0.2, -0.15) is 0 Å². The third-order valence-corrected chi connectivity index (χ3v) is 3.85. The second-order valence-corrected chi connectivity index (χ2v) is 5.81. The number of nitrogens with one attached hydrogen (secondary N) is 1. The summed E-state index contributed by atoms with van der Waals surface area (Å²) in [6.45, 7) is 4.98. The van der Waals surface area contributed by atoms with Crippen LogP contribution in [0.25, 0.3) is 0 Å². The highest BCUT2D eigenvalue weighted by atomic mass is 32.2. The van der Waals surface area contributed by atoms with Gasteiger partial charge in [-0.1, -0.05) is 13.8 Å². The number of sulfone groups is 1. The van der Waals surface area contributed by atoms with Crippen LogP contribution < -0.4 is 5.32 Å². The fourth-order valence-corrected chi connectivity index (χ4v) is 1.99. The zero-order valence-electron chi connectivity index (χ0n) is 8.99. The first kappa shape index (κ1) is 13.9. The summed E-state index contributed by atoms with van der Waals surface area (Å²) in [5.74, 6) is 0.378. The summed E-state index contributed by atoms with van der Waals surface area (Å²) in [5, 5.41) is 12.4. The normalized spacial score (nSPS) is 14.2. The lowest BCUT2D eigenvalue weighted by atomic mass is 10.2. The van der Waals surface area contributed by atoms with E-state index in [1.165, 1.54) is 0 Å². The van der Waals surface area contributed by atoms with Crippen LogP contribution in [-0.2, 0) is 9.84 Å². The third-order valence-electron chi connectivity index (χ3n) is 2.06. The molecule has 0 bridgehead atoms. The first-order valence-corrected chi connectivity index (χ1v) is 6.93. The zero-order chi connectivity index (χ0) is 11.0.